The lowest BCUT2D eigenvalue weighted by Crippen LogP contribution is -2.26. The zero-order valence-electron chi connectivity index (χ0n) is 17.3. The molecule has 3 aromatic rings. The summed E-state index contributed by atoms with van der Waals surface area (Å²) >= 11 is 3.48. The third-order valence-corrected chi connectivity index (χ3v) is 5.66. The SMILES string of the molecule is CCn1nc(C)c(CN(C)C(=O)c2ccc(COc3ccccc3Br)cc2)c1C. The minimum atomic E-state index is -0.00804. The smallest absolute Gasteiger partial charge is 0.253 e. The summed E-state index contributed by atoms with van der Waals surface area (Å²) in [7, 11) is 1.83. The molecule has 5 nitrogen and oxygen atoms in total. The maximum atomic E-state index is 12.8. The Hall–Kier alpha value is -2.60. The Bertz CT molecular complexity index is 996. The lowest BCUT2D eigenvalue weighted by atomic mass is 10.1. The molecule has 0 atom stereocenters. The Balaban J connectivity index is 1.64. The zero-order valence-corrected chi connectivity index (χ0v) is 18.9. The maximum absolute atomic E-state index is 12.8. The number of hydrogen-bond donors (Lipinski definition) is 0. The third-order valence-electron chi connectivity index (χ3n) is 5.00. The lowest BCUT2D eigenvalue weighted by Gasteiger charge is -2.18. The first kappa shape index (κ1) is 21.1. The predicted molar refractivity (Wildman–Crippen MR) is 118 cm³/mol. The number of carbonyl (C=O) groups is 1. The van der Waals surface area contributed by atoms with Crippen LogP contribution in [0.3, 0.4) is 0 Å². The van der Waals surface area contributed by atoms with Gasteiger partial charge in [-0.25, -0.2) is 0 Å². The van der Waals surface area contributed by atoms with E-state index in [0.29, 0.717) is 18.7 Å². The largest absolute Gasteiger partial charge is 0.488 e. The molecule has 0 saturated heterocycles. The van der Waals surface area contributed by atoms with Crippen LogP contribution < -0.4 is 4.74 Å². The number of halogens is 1. The highest BCUT2D eigenvalue weighted by molar-refractivity contribution is 9.10. The molecule has 1 aromatic heterocycles. The van der Waals surface area contributed by atoms with E-state index < -0.39 is 0 Å². The van der Waals surface area contributed by atoms with Crippen molar-refractivity contribution < 1.29 is 9.53 Å². The number of nitrogens with zero attached hydrogens (tertiary/aromatic N) is 3. The fraction of sp³-hybridized carbons (Fsp3) is 0.304. The van der Waals surface area contributed by atoms with Crippen LogP contribution in [0.5, 0.6) is 5.75 Å². The number of amides is 1. The molecule has 0 N–H and O–H groups in total. The van der Waals surface area contributed by atoms with Crippen LogP contribution in [0.1, 0.15) is 39.8 Å². The van der Waals surface area contributed by atoms with Crippen LogP contribution in [0.4, 0.5) is 0 Å². The van der Waals surface area contributed by atoms with E-state index in [1.807, 2.05) is 67.2 Å². The van der Waals surface area contributed by atoms with Gasteiger partial charge in [0, 0.05) is 37.0 Å². The number of rotatable bonds is 7. The minimum Gasteiger partial charge on any atom is -0.488 e. The van der Waals surface area contributed by atoms with E-state index in [2.05, 4.69) is 34.9 Å². The number of carbonyl (C=O) groups excluding carboxylic acids is 1. The van der Waals surface area contributed by atoms with Crippen LogP contribution in [0.2, 0.25) is 0 Å². The van der Waals surface area contributed by atoms with Gasteiger partial charge in [-0.1, -0.05) is 24.3 Å². The predicted octanol–water partition coefficient (Wildman–Crippen LogP) is 5.13. The van der Waals surface area contributed by atoms with Crippen LogP contribution >= 0.6 is 15.9 Å². The average Bonchev–Trinajstić information content (AvgIpc) is 3.00. The van der Waals surface area contributed by atoms with Crippen molar-refractivity contribution in [1.82, 2.24) is 14.7 Å². The molecule has 0 aliphatic carbocycles. The highest BCUT2D eigenvalue weighted by Crippen LogP contribution is 2.25. The van der Waals surface area contributed by atoms with Crippen molar-refractivity contribution in [2.45, 2.75) is 40.5 Å². The summed E-state index contributed by atoms with van der Waals surface area (Å²) in [5.74, 6) is 0.789. The second-order valence-corrected chi connectivity index (χ2v) is 7.90. The van der Waals surface area contributed by atoms with Gasteiger partial charge in [-0.05, 0) is 66.5 Å². The molecule has 0 fully saturated rings. The van der Waals surface area contributed by atoms with Gasteiger partial charge in [0.25, 0.3) is 5.91 Å². The topological polar surface area (TPSA) is 47.4 Å². The summed E-state index contributed by atoms with van der Waals surface area (Å²) < 4.78 is 8.73. The van der Waals surface area contributed by atoms with E-state index in [1.54, 1.807) is 4.90 Å². The molecule has 29 heavy (non-hydrogen) atoms. The molecule has 6 heteroatoms. The molecule has 0 unspecified atom stereocenters. The third kappa shape index (κ3) is 4.88. The van der Waals surface area contributed by atoms with Gasteiger partial charge in [-0.2, -0.15) is 5.10 Å². The molecule has 0 aliphatic rings. The van der Waals surface area contributed by atoms with Gasteiger partial charge in [-0.15, -0.1) is 0 Å². The number of ether oxygens (including phenoxy) is 1. The minimum absolute atomic E-state index is 0.00804. The highest BCUT2D eigenvalue weighted by atomic mass is 79.9. The molecular weight excluding hydrogens is 430 g/mol. The summed E-state index contributed by atoms with van der Waals surface area (Å²) in [6.07, 6.45) is 0. The monoisotopic (exact) mass is 455 g/mol. The number of benzene rings is 2. The molecule has 0 radical (unpaired) electrons. The fourth-order valence-electron chi connectivity index (χ4n) is 3.27. The molecule has 0 bridgehead atoms. The fourth-order valence-corrected chi connectivity index (χ4v) is 3.67. The molecule has 0 saturated carbocycles. The molecule has 3 rings (SSSR count). The molecule has 1 amide bonds. The van der Waals surface area contributed by atoms with Crippen molar-refractivity contribution in [2.75, 3.05) is 7.05 Å². The Labute approximate surface area is 180 Å². The van der Waals surface area contributed by atoms with Gasteiger partial charge in [0.15, 0.2) is 0 Å². The average molecular weight is 456 g/mol. The first-order valence-corrected chi connectivity index (χ1v) is 10.4. The van der Waals surface area contributed by atoms with Crippen LogP contribution in [0, 0.1) is 13.8 Å². The lowest BCUT2D eigenvalue weighted by molar-refractivity contribution is 0.0784. The van der Waals surface area contributed by atoms with E-state index in [9.17, 15) is 4.79 Å². The van der Waals surface area contributed by atoms with Crippen LogP contribution in [-0.2, 0) is 19.7 Å². The number of para-hydroxylation sites is 1. The first-order valence-electron chi connectivity index (χ1n) is 9.65. The maximum Gasteiger partial charge on any atom is 0.253 e. The van der Waals surface area contributed by atoms with Crippen LogP contribution in [-0.4, -0.2) is 27.6 Å². The molecule has 1 heterocycles. The summed E-state index contributed by atoms with van der Waals surface area (Å²) in [6.45, 7) is 7.93. The van der Waals surface area contributed by atoms with Crippen molar-refractivity contribution in [2.24, 2.45) is 0 Å². The Morgan fingerprint density at radius 1 is 1.14 bits per heavy atom. The molecule has 152 valence electrons. The zero-order chi connectivity index (χ0) is 21.0. The van der Waals surface area contributed by atoms with E-state index in [0.717, 1.165) is 39.3 Å². The van der Waals surface area contributed by atoms with E-state index >= 15 is 0 Å². The Morgan fingerprint density at radius 2 is 1.83 bits per heavy atom. The number of hydrogen-bond acceptors (Lipinski definition) is 3. The van der Waals surface area contributed by atoms with Gasteiger partial charge >= 0.3 is 0 Å². The molecule has 0 aliphatic heterocycles. The van der Waals surface area contributed by atoms with Gasteiger partial charge in [0.2, 0.25) is 0 Å². The quantitative estimate of drug-likeness (QED) is 0.495. The second-order valence-electron chi connectivity index (χ2n) is 7.04. The van der Waals surface area contributed by atoms with Crippen LogP contribution in [0.25, 0.3) is 0 Å². The van der Waals surface area contributed by atoms with E-state index in [1.165, 1.54) is 0 Å². The van der Waals surface area contributed by atoms with Crippen molar-refractivity contribution in [3.05, 3.63) is 81.1 Å². The summed E-state index contributed by atoms with van der Waals surface area (Å²) in [5, 5.41) is 4.54. The standard InChI is InChI=1S/C23H26BrN3O2/c1-5-27-17(3)20(16(2)25-27)14-26(4)23(28)19-12-10-18(11-13-19)15-29-22-9-7-6-8-21(22)24/h6-13H,5,14-15H2,1-4H3. The number of aryl methyl sites for hydroxylation is 2. The van der Waals surface area contributed by atoms with Gasteiger partial charge in [-0.3, -0.25) is 9.48 Å². The normalized spacial score (nSPS) is 10.8. The molecular formula is C23H26BrN3O2. The second kappa shape index (κ2) is 9.27. The van der Waals surface area contributed by atoms with Crippen molar-refractivity contribution in [3.8, 4) is 5.75 Å². The molecule has 0 spiro atoms. The van der Waals surface area contributed by atoms with E-state index in [4.69, 9.17) is 4.74 Å². The van der Waals surface area contributed by atoms with Crippen molar-refractivity contribution >= 4 is 21.8 Å². The summed E-state index contributed by atoms with van der Waals surface area (Å²) in [5.41, 5.74) is 4.88. The van der Waals surface area contributed by atoms with Crippen LogP contribution in [0.15, 0.2) is 53.0 Å². The van der Waals surface area contributed by atoms with Crippen molar-refractivity contribution in [3.63, 3.8) is 0 Å². The van der Waals surface area contributed by atoms with Gasteiger partial charge in [0.1, 0.15) is 12.4 Å². The summed E-state index contributed by atoms with van der Waals surface area (Å²) in [6, 6.07) is 15.3. The summed E-state index contributed by atoms with van der Waals surface area (Å²) in [4.78, 5) is 14.6. The Morgan fingerprint density at radius 3 is 2.45 bits per heavy atom. The highest BCUT2D eigenvalue weighted by Gasteiger charge is 2.17. The van der Waals surface area contributed by atoms with Crippen molar-refractivity contribution in [1.29, 1.82) is 0 Å². The molecule has 2 aromatic carbocycles. The number of aromatic nitrogens is 2. The first-order chi connectivity index (χ1) is 13.9. The Kier molecular flexibility index (Phi) is 6.75. The van der Waals surface area contributed by atoms with Gasteiger partial charge < -0.3 is 9.64 Å². The van der Waals surface area contributed by atoms with E-state index in [-0.39, 0.29) is 5.91 Å². The van der Waals surface area contributed by atoms with Gasteiger partial charge in [0.05, 0.1) is 10.2 Å².